The van der Waals surface area contributed by atoms with Crippen LogP contribution in [0.1, 0.15) is 44.0 Å². The van der Waals surface area contributed by atoms with Crippen LogP contribution in [0, 0.1) is 6.92 Å². The van der Waals surface area contributed by atoms with Gasteiger partial charge in [-0.3, -0.25) is 0 Å². The second-order valence-electron chi connectivity index (χ2n) is 6.17. The van der Waals surface area contributed by atoms with Gasteiger partial charge in [0.2, 0.25) is 0 Å². The number of aryl methyl sites for hydroxylation is 1. The smallest absolute Gasteiger partial charge is 0.160 e. The van der Waals surface area contributed by atoms with Gasteiger partial charge in [0.1, 0.15) is 11.3 Å². The minimum atomic E-state index is -0.246. The van der Waals surface area contributed by atoms with Crippen molar-refractivity contribution < 1.29 is 0 Å². The summed E-state index contributed by atoms with van der Waals surface area (Å²) < 4.78 is 2.21. The summed E-state index contributed by atoms with van der Waals surface area (Å²) in [7, 11) is 0. The molecule has 1 fully saturated rings. The number of hydrogen-bond donors (Lipinski definition) is 1. The van der Waals surface area contributed by atoms with Crippen LogP contribution in [0.25, 0.3) is 11.2 Å². The Hall–Kier alpha value is -1.42. The van der Waals surface area contributed by atoms with Crippen molar-refractivity contribution in [2.45, 2.75) is 51.6 Å². The lowest BCUT2D eigenvalue weighted by Crippen LogP contribution is -2.37. The lowest BCUT2D eigenvalue weighted by molar-refractivity contribution is 0.430. The molecule has 3 rings (SSSR count). The molecule has 4 heteroatoms. The molecule has 0 aromatic carbocycles. The maximum Gasteiger partial charge on any atom is 0.160 e. The SMILES string of the molecule is Cc1cnc2c(c1)nc(C1CC1)n2CC(C)(C)N. The summed E-state index contributed by atoms with van der Waals surface area (Å²) in [5.74, 6) is 1.78. The lowest BCUT2D eigenvalue weighted by Gasteiger charge is -2.20. The Morgan fingerprint density at radius 1 is 1.44 bits per heavy atom. The fraction of sp³-hybridized carbons (Fsp3) is 0.571. The summed E-state index contributed by atoms with van der Waals surface area (Å²) in [4.78, 5) is 9.31. The summed E-state index contributed by atoms with van der Waals surface area (Å²) in [6.45, 7) is 6.91. The molecule has 1 aliphatic rings. The molecular formula is C14H20N4. The first-order valence-corrected chi connectivity index (χ1v) is 6.56. The molecule has 0 spiro atoms. The molecule has 96 valence electrons. The van der Waals surface area contributed by atoms with Gasteiger partial charge in [0.25, 0.3) is 0 Å². The van der Waals surface area contributed by atoms with Crippen molar-refractivity contribution in [3.63, 3.8) is 0 Å². The van der Waals surface area contributed by atoms with Gasteiger partial charge in [-0.2, -0.15) is 0 Å². The number of nitrogens with zero attached hydrogens (tertiary/aromatic N) is 3. The highest BCUT2D eigenvalue weighted by Gasteiger charge is 2.31. The van der Waals surface area contributed by atoms with Gasteiger partial charge in [0.15, 0.2) is 5.65 Å². The second kappa shape index (κ2) is 3.79. The summed E-state index contributed by atoms with van der Waals surface area (Å²) in [5.41, 5.74) is 9.04. The minimum Gasteiger partial charge on any atom is -0.324 e. The Morgan fingerprint density at radius 3 is 2.78 bits per heavy atom. The normalized spacial score (nSPS) is 16.4. The molecule has 0 atom stereocenters. The van der Waals surface area contributed by atoms with E-state index in [1.807, 2.05) is 20.0 Å². The van der Waals surface area contributed by atoms with Gasteiger partial charge in [-0.25, -0.2) is 9.97 Å². The molecule has 0 aliphatic heterocycles. The first-order chi connectivity index (χ1) is 8.44. The fourth-order valence-electron chi connectivity index (χ4n) is 2.35. The number of aromatic nitrogens is 3. The van der Waals surface area contributed by atoms with Crippen LogP contribution in [0.3, 0.4) is 0 Å². The van der Waals surface area contributed by atoms with E-state index in [1.165, 1.54) is 18.7 Å². The van der Waals surface area contributed by atoms with Crippen LogP contribution < -0.4 is 5.73 Å². The van der Waals surface area contributed by atoms with Crippen molar-refractivity contribution in [1.82, 2.24) is 14.5 Å². The summed E-state index contributed by atoms with van der Waals surface area (Å²) in [6.07, 6.45) is 4.39. The van der Waals surface area contributed by atoms with E-state index in [9.17, 15) is 0 Å². The Balaban J connectivity index is 2.15. The number of hydrogen-bond acceptors (Lipinski definition) is 3. The van der Waals surface area contributed by atoms with Crippen molar-refractivity contribution >= 4 is 11.2 Å². The van der Waals surface area contributed by atoms with E-state index in [0.717, 1.165) is 23.3 Å². The molecule has 2 N–H and O–H groups in total. The van der Waals surface area contributed by atoms with E-state index < -0.39 is 0 Å². The predicted molar refractivity (Wildman–Crippen MR) is 72.5 cm³/mol. The second-order valence-corrected chi connectivity index (χ2v) is 6.17. The zero-order chi connectivity index (χ0) is 12.9. The predicted octanol–water partition coefficient (Wildman–Crippen LogP) is 2.35. The first-order valence-electron chi connectivity index (χ1n) is 6.56. The van der Waals surface area contributed by atoms with Crippen molar-refractivity contribution in [2.75, 3.05) is 0 Å². The molecule has 4 nitrogen and oxygen atoms in total. The number of pyridine rings is 1. The molecule has 18 heavy (non-hydrogen) atoms. The highest BCUT2D eigenvalue weighted by Crippen LogP contribution is 2.40. The van der Waals surface area contributed by atoms with Crippen LogP contribution in [0.15, 0.2) is 12.3 Å². The molecular weight excluding hydrogens is 224 g/mol. The Kier molecular flexibility index (Phi) is 2.45. The van der Waals surface area contributed by atoms with Crippen molar-refractivity contribution in [1.29, 1.82) is 0 Å². The molecule has 0 radical (unpaired) electrons. The van der Waals surface area contributed by atoms with E-state index in [4.69, 9.17) is 10.7 Å². The van der Waals surface area contributed by atoms with Crippen LogP contribution in [-0.2, 0) is 6.54 Å². The number of nitrogens with two attached hydrogens (primary N) is 1. The van der Waals surface area contributed by atoms with E-state index in [-0.39, 0.29) is 5.54 Å². The third kappa shape index (κ3) is 2.12. The van der Waals surface area contributed by atoms with E-state index in [2.05, 4.69) is 22.5 Å². The average molecular weight is 244 g/mol. The number of rotatable bonds is 3. The van der Waals surface area contributed by atoms with Gasteiger partial charge in [0.05, 0.1) is 0 Å². The topological polar surface area (TPSA) is 56.7 Å². The van der Waals surface area contributed by atoms with Gasteiger partial charge >= 0.3 is 0 Å². The molecule has 1 aliphatic carbocycles. The first kappa shape index (κ1) is 11.7. The van der Waals surface area contributed by atoms with Crippen LogP contribution >= 0.6 is 0 Å². The Morgan fingerprint density at radius 2 is 2.17 bits per heavy atom. The minimum absolute atomic E-state index is 0.246. The molecule has 2 aromatic rings. The van der Waals surface area contributed by atoms with Gasteiger partial charge in [0, 0.05) is 24.2 Å². The maximum atomic E-state index is 6.16. The lowest BCUT2D eigenvalue weighted by atomic mass is 10.1. The standard InChI is InChI=1S/C14H20N4/c1-9-6-11-13(16-7-9)18(8-14(2,3)15)12(17-11)10-4-5-10/h6-7,10H,4-5,8,15H2,1-3H3. The molecule has 2 aromatic heterocycles. The van der Waals surface area contributed by atoms with Crippen LogP contribution in [0.5, 0.6) is 0 Å². The summed E-state index contributed by atoms with van der Waals surface area (Å²) >= 11 is 0. The highest BCUT2D eigenvalue weighted by molar-refractivity contribution is 5.72. The van der Waals surface area contributed by atoms with Gasteiger partial charge in [-0.05, 0) is 45.2 Å². The molecule has 0 bridgehead atoms. The van der Waals surface area contributed by atoms with Crippen LogP contribution in [0.4, 0.5) is 0 Å². The molecule has 1 saturated carbocycles. The monoisotopic (exact) mass is 244 g/mol. The third-order valence-electron chi connectivity index (χ3n) is 3.26. The van der Waals surface area contributed by atoms with Gasteiger partial charge < -0.3 is 10.3 Å². The highest BCUT2D eigenvalue weighted by atomic mass is 15.2. The summed E-state index contributed by atoms with van der Waals surface area (Å²) in [5, 5.41) is 0. The van der Waals surface area contributed by atoms with Gasteiger partial charge in [-0.15, -0.1) is 0 Å². The Labute approximate surface area is 107 Å². The van der Waals surface area contributed by atoms with Crippen molar-refractivity contribution in [3.8, 4) is 0 Å². The quantitative estimate of drug-likeness (QED) is 0.901. The largest absolute Gasteiger partial charge is 0.324 e. The molecule has 0 amide bonds. The van der Waals surface area contributed by atoms with E-state index in [1.54, 1.807) is 0 Å². The fourth-order valence-corrected chi connectivity index (χ4v) is 2.35. The number of imidazole rings is 1. The maximum absolute atomic E-state index is 6.16. The van der Waals surface area contributed by atoms with E-state index in [0.29, 0.717) is 5.92 Å². The third-order valence-corrected chi connectivity index (χ3v) is 3.26. The van der Waals surface area contributed by atoms with Gasteiger partial charge in [-0.1, -0.05) is 0 Å². The molecule has 0 saturated heterocycles. The van der Waals surface area contributed by atoms with Crippen molar-refractivity contribution in [2.24, 2.45) is 5.73 Å². The van der Waals surface area contributed by atoms with Crippen LogP contribution in [-0.4, -0.2) is 20.1 Å². The van der Waals surface area contributed by atoms with Crippen LogP contribution in [0.2, 0.25) is 0 Å². The Bertz CT molecular complexity index is 588. The molecule has 2 heterocycles. The zero-order valence-electron chi connectivity index (χ0n) is 11.3. The number of fused-ring (bicyclic) bond motifs is 1. The van der Waals surface area contributed by atoms with Crippen molar-refractivity contribution in [3.05, 3.63) is 23.7 Å². The summed E-state index contributed by atoms with van der Waals surface area (Å²) in [6, 6.07) is 2.11. The molecule has 0 unspecified atom stereocenters. The zero-order valence-corrected chi connectivity index (χ0v) is 11.3. The average Bonchev–Trinajstić information content (AvgIpc) is 3.02. The van der Waals surface area contributed by atoms with E-state index >= 15 is 0 Å².